The van der Waals surface area contributed by atoms with Crippen molar-refractivity contribution < 1.29 is 9.90 Å². The molecule has 2 rings (SSSR count). The lowest BCUT2D eigenvalue weighted by Gasteiger charge is -2.11. The van der Waals surface area contributed by atoms with Crippen LogP contribution in [0.4, 0.5) is 5.69 Å². The van der Waals surface area contributed by atoms with Crippen molar-refractivity contribution >= 4 is 39.2 Å². The fraction of sp³-hybridized carbons (Fsp3) is 0.133. The van der Waals surface area contributed by atoms with Crippen LogP contribution in [0.2, 0.25) is 5.02 Å². The number of aromatic carboxylic acids is 1. The maximum atomic E-state index is 11.0. The summed E-state index contributed by atoms with van der Waals surface area (Å²) < 4.78 is 0.926. The minimum absolute atomic E-state index is 0.264. The molecule has 0 aliphatic rings. The van der Waals surface area contributed by atoms with Crippen molar-refractivity contribution in [1.29, 1.82) is 0 Å². The van der Waals surface area contributed by atoms with E-state index in [2.05, 4.69) is 21.2 Å². The number of rotatable bonds is 4. The zero-order valence-electron chi connectivity index (χ0n) is 10.8. The summed E-state index contributed by atoms with van der Waals surface area (Å²) in [6, 6.07) is 10.7. The molecule has 0 saturated heterocycles. The van der Waals surface area contributed by atoms with Gasteiger partial charge < -0.3 is 10.4 Å². The van der Waals surface area contributed by atoms with Gasteiger partial charge in [-0.25, -0.2) is 4.79 Å². The average molecular weight is 355 g/mol. The van der Waals surface area contributed by atoms with E-state index < -0.39 is 5.97 Å². The predicted molar refractivity (Wildman–Crippen MR) is 84.6 cm³/mol. The van der Waals surface area contributed by atoms with Crippen LogP contribution in [0.25, 0.3) is 0 Å². The Labute approximate surface area is 130 Å². The molecule has 0 spiro atoms. The molecule has 3 nitrogen and oxygen atoms in total. The number of hydrogen-bond acceptors (Lipinski definition) is 2. The Morgan fingerprint density at radius 1 is 1.30 bits per heavy atom. The summed E-state index contributed by atoms with van der Waals surface area (Å²) in [6.45, 7) is 2.47. The summed E-state index contributed by atoms with van der Waals surface area (Å²) in [5, 5.41) is 12.9. The van der Waals surface area contributed by atoms with E-state index in [-0.39, 0.29) is 5.56 Å². The molecule has 0 aliphatic heterocycles. The fourth-order valence-corrected chi connectivity index (χ4v) is 2.54. The van der Waals surface area contributed by atoms with Crippen molar-refractivity contribution in [2.75, 3.05) is 5.32 Å². The Balaban J connectivity index is 2.18. The van der Waals surface area contributed by atoms with Gasteiger partial charge in [0.2, 0.25) is 0 Å². The van der Waals surface area contributed by atoms with Gasteiger partial charge in [0.25, 0.3) is 0 Å². The van der Waals surface area contributed by atoms with Gasteiger partial charge in [0.15, 0.2) is 0 Å². The average Bonchev–Trinajstić information content (AvgIpc) is 2.39. The van der Waals surface area contributed by atoms with E-state index in [1.54, 1.807) is 18.2 Å². The first kappa shape index (κ1) is 14.9. The van der Waals surface area contributed by atoms with Gasteiger partial charge in [-0.2, -0.15) is 0 Å². The minimum Gasteiger partial charge on any atom is -0.478 e. The second-order valence-electron chi connectivity index (χ2n) is 4.42. The van der Waals surface area contributed by atoms with E-state index in [1.807, 2.05) is 25.1 Å². The smallest absolute Gasteiger partial charge is 0.335 e. The third-order valence-corrected chi connectivity index (χ3v) is 3.81. The summed E-state index contributed by atoms with van der Waals surface area (Å²) in [4.78, 5) is 11.0. The molecule has 0 saturated carbocycles. The number of hydrogen-bond donors (Lipinski definition) is 2. The third-order valence-electron chi connectivity index (χ3n) is 2.97. The number of anilines is 1. The maximum absolute atomic E-state index is 11.0. The minimum atomic E-state index is -0.935. The molecule has 0 atom stereocenters. The number of nitrogens with one attached hydrogen (secondary N) is 1. The molecule has 0 amide bonds. The summed E-state index contributed by atoms with van der Waals surface area (Å²) in [6.07, 6.45) is 0. The molecule has 2 aromatic carbocycles. The zero-order valence-corrected chi connectivity index (χ0v) is 13.1. The summed E-state index contributed by atoms with van der Waals surface area (Å²) in [5.74, 6) is -0.935. The summed E-state index contributed by atoms with van der Waals surface area (Å²) in [5.41, 5.74) is 3.00. The summed E-state index contributed by atoms with van der Waals surface area (Å²) >= 11 is 9.51. The number of halogens is 2. The highest BCUT2D eigenvalue weighted by atomic mass is 79.9. The first-order chi connectivity index (χ1) is 9.47. The van der Waals surface area contributed by atoms with Gasteiger partial charge in [0.05, 0.1) is 5.56 Å². The Hall–Kier alpha value is -1.52. The van der Waals surface area contributed by atoms with Crippen molar-refractivity contribution in [2.45, 2.75) is 13.5 Å². The molecule has 0 aliphatic carbocycles. The number of benzene rings is 2. The molecule has 0 radical (unpaired) electrons. The third kappa shape index (κ3) is 3.52. The van der Waals surface area contributed by atoms with Gasteiger partial charge in [-0.3, -0.25) is 0 Å². The fourth-order valence-electron chi connectivity index (χ4n) is 1.80. The van der Waals surface area contributed by atoms with Gasteiger partial charge in [-0.05, 0) is 42.3 Å². The molecule has 5 heteroatoms. The largest absolute Gasteiger partial charge is 0.478 e. The molecule has 0 heterocycles. The van der Waals surface area contributed by atoms with Gasteiger partial charge in [-0.15, -0.1) is 0 Å². The lowest BCUT2D eigenvalue weighted by Crippen LogP contribution is -2.04. The van der Waals surface area contributed by atoms with Crippen LogP contribution in [-0.2, 0) is 6.54 Å². The highest BCUT2D eigenvalue weighted by molar-refractivity contribution is 9.10. The topological polar surface area (TPSA) is 49.3 Å². The van der Waals surface area contributed by atoms with Crippen molar-refractivity contribution in [1.82, 2.24) is 0 Å². The second kappa shape index (κ2) is 6.29. The van der Waals surface area contributed by atoms with Crippen LogP contribution in [0.3, 0.4) is 0 Å². The Morgan fingerprint density at radius 2 is 2.05 bits per heavy atom. The van der Waals surface area contributed by atoms with Crippen LogP contribution in [0.1, 0.15) is 21.5 Å². The lowest BCUT2D eigenvalue weighted by atomic mass is 10.1. The maximum Gasteiger partial charge on any atom is 0.335 e. The number of carboxylic acid groups (broad SMARTS) is 1. The highest BCUT2D eigenvalue weighted by Gasteiger charge is 2.07. The van der Waals surface area contributed by atoms with Gasteiger partial charge in [-0.1, -0.05) is 39.7 Å². The number of carbonyl (C=O) groups is 1. The Kier molecular flexibility index (Phi) is 4.68. The van der Waals surface area contributed by atoms with Crippen LogP contribution in [-0.4, -0.2) is 11.1 Å². The molecule has 2 aromatic rings. The van der Waals surface area contributed by atoms with Gasteiger partial charge in [0, 0.05) is 21.7 Å². The van der Waals surface area contributed by atoms with E-state index in [1.165, 1.54) is 0 Å². The molecule has 20 heavy (non-hydrogen) atoms. The molecule has 2 N–H and O–H groups in total. The zero-order chi connectivity index (χ0) is 14.7. The van der Waals surface area contributed by atoms with E-state index in [0.717, 1.165) is 21.3 Å². The van der Waals surface area contributed by atoms with Crippen molar-refractivity contribution in [3.8, 4) is 0 Å². The van der Waals surface area contributed by atoms with Crippen LogP contribution in [0, 0.1) is 6.92 Å². The lowest BCUT2D eigenvalue weighted by molar-refractivity contribution is 0.0697. The molecular formula is C15H13BrClNO2. The predicted octanol–water partition coefficient (Wildman–Crippen LogP) is 4.72. The first-order valence-electron chi connectivity index (χ1n) is 5.99. The normalized spacial score (nSPS) is 10.3. The summed E-state index contributed by atoms with van der Waals surface area (Å²) in [7, 11) is 0. The first-order valence-corrected chi connectivity index (χ1v) is 7.16. The highest BCUT2D eigenvalue weighted by Crippen LogP contribution is 2.23. The molecule has 104 valence electrons. The van der Waals surface area contributed by atoms with Crippen LogP contribution in [0.5, 0.6) is 0 Å². The molecule has 0 bridgehead atoms. The van der Waals surface area contributed by atoms with E-state index in [9.17, 15) is 4.79 Å². The Bertz CT molecular complexity index is 658. The van der Waals surface area contributed by atoms with Gasteiger partial charge >= 0.3 is 5.97 Å². The van der Waals surface area contributed by atoms with Crippen molar-refractivity contribution in [3.05, 3.63) is 62.6 Å². The number of aryl methyl sites for hydroxylation is 1. The van der Waals surface area contributed by atoms with Crippen molar-refractivity contribution in [2.24, 2.45) is 0 Å². The van der Waals surface area contributed by atoms with E-state index in [0.29, 0.717) is 11.6 Å². The standard InChI is InChI=1S/C15H13BrClNO2/c1-9-2-3-10(15(19)20)6-14(9)18-8-11-4-5-12(16)7-13(11)17/h2-7,18H,8H2,1H3,(H,19,20). The molecule has 0 aromatic heterocycles. The van der Waals surface area contributed by atoms with E-state index in [4.69, 9.17) is 16.7 Å². The van der Waals surface area contributed by atoms with E-state index >= 15 is 0 Å². The Morgan fingerprint density at radius 3 is 2.70 bits per heavy atom. The molecule has 0 fully saturated rings. The van der Waals surface area contributed by atoms with Crippen LogP contribution >= 0.6 is 27.5 Å². The SMILES string of the molecule is Cc1ccc(C(=O)O)cc1NCc1ccc(Br)cc1Cl. The number of carboxylic acids is 1. The monoisotopic (exact) mass is 353 g/mol. The quantitative estimate of drug-likeness (QED) is 0.835. The van der Waals surface area contributed by atoms with Crippen molar-refractivity contribution in [3.63, 3.8) is 0 Å². The van der Waals surface area contributed by atoms with Crippen LogP contribution in [0.15, 0.2) is 40.9 Å². The molecule has 0 unspecified atom stereocenters. The van der Waals surface area contributed by atoms with Crippen LogP contribution < -0.4 is 5.32 Å². The second-order valence-corrected chi connectivity index (χ2v) is 5.75. The van der Waals surface area contributed by atoms with Gasteiger partial charge in [0.1, 0.15) is 0 Å². The molecular weight excluding hydrogens is 342 g/mol.